The minimum Gasteiger partial charge on any atom is -0.241 e. The summed E-state index contributed by atoms with van der Waals surface area (Å²) in [5.74, 6) is 0. The number of nitrogens with zero attached hydrogens (tertiary/aromatic N) is 3. The van der Waals surface area contributed by atoms with Crippen molar-refractivity contribution in [2.75, 3.05) is 0 Å². The molecule has 0 unspecified atom stereocenters. The van der Waals surface area contributed by atoms with E-state index in [1.165, 1.54) is 0 Å². The molecule has 74 valence electrons. The normalized spacial score (nSPS) is 17.3. The maximum absolute atomic E-state index is 10.4. The Bertz CT molecular complexity index is 562. The molecule has 1 saturated carbocycles. The molecule has 2 heterocycles. The molecule has 0 saturated heterocycles. The van der Waals surface area contributed by atoms with Gasteiger partial charge in [-0.3, -0.25) is 0 Å². The van der Waals surface area contributed by atoms with Crippen LogP contribution in [0.5, 0.6) is 0 Å². The standard InChI is InChI=1S/C11H9N3O/c15-8-12-11(4-5-11)9-7-13-14-6-2-1-3-10(9)14/h1-3,6-7H,4-5H2. The van der Waals surface area contributed by atoms with E-state index in [9.17, 15) is 4.79 Å². The zero-order valence-electron chi connectivity index (χ0n) is 8.05. The van der Waals surface area contributed by atoms with Crippen molar-refractivity contribution in [1.82, 2.24) is 9.61 Å². The van der Waals surface area contributed by atoms with Gasteiger partial charge in [-0.15, -0.1) is 0 Å². The summed E-state index contributed by atoms with van der Waals surface area (Å²) in [6, 6.07) is 5.87. The van der Waals surface area contributed by atoms with E-state index in [2.05, 4.69) is 10.1 Å². The van der Waals surface area contributed by atoms with Crippen molar-refractivity contribution in [2.45, 2.75) is 18.4 Å². The molecule has 0 atom stereocenters. The molecule has 2 aromatic heterocycles. The molecule has 4 heteroatoms. The minimum absolute atomic E-state index is 0.329. The highest BCUT2D eigenvalue weighted by atomic mass is 16.1. The van der Waals surface area contributed by atoms with Crippen molar-refractivity contribution >= 4 is 11.6 Å². The molecule has 0 radical (unpaired) electrons. The third-order valence-corrected chi connectivity index (χ3v) is 2.91. The molecule has 0 spiro atoms. The maximum Gasteiger partial charge on any atom is 0.235 e. The lowest BCUT2D eigenvalue weighted by molar-refractivity contribution is 0.556. The van der Waals surface area contributed by atoms with Crippen molar-refractivity contribution in [2.24, 2.45) is 4.99 Å². The number of isocyanates is 1. The topological polar surface area (TPSA) is 46.7 Å². The Balaban J connectivity index is 2.24. The van der Waals surface area contributed by atoms with E-state index in [1.54, 1.807) is 16.8 Å². The Morgan fingerprint density at radius 3 is 3.07 bits per heavy atom. The van der Waals surface area contributed by atoms with E-state index < -0.39 is 0 Å². The summed E-state index contributed by atoms with van der Waals surface area (Å²) >= 11 is 0. The van der Waals surface area contributed by atoms with Crippen LogP contribution in [0.1, 0.15) is 18.4 Å². The van der Waals surface area contributed by atoms with Gasteiger partial charge in [-0.2, -0.15) is 10.1 Å². The number of hydrogen-bond donors (Lipinski definition) is 0. The second-order valence-corrected chi connectivity index (χ2v) is 3.82. The van der Waals surface area contributed by atoms with Crippen LogP contribution >= 0.6 is 0 Å². The summed E-state index contributed by atoms with van der Waals surface area (Å²) in [6.45, 7) is 0. The van der Waals surface area contributed by atoms with Crippen LogP contribution in [0.4, 0.5) is 0 Å². The summed E-state index contributed by atoms with van der Waals surface area (Å²) in [7, 11) is 0. The van der Waals surface area contributed by atoms with E-state index in [4.69, 9.17) is 0 Å². The smallest absolute Gasteiger partial charge is 0.235 e. The highest BCUT2D eigenvalue weighted by Gasteiger charge is 2.46. The largest absolute Gasteiger partial charge is 0.241 e. The van der Waals surface area contributed by atoms with E-state index >= 15 is 0 Å². The van der Waals surface area contributed by atoms with Gasteiger partial charge >= 0.3 is 0 Å². The monoisotopic (exact) mass is 199 g/mol. The van der Waals surface area contributed by atoms with E-state index in [0.717, 1.165) is 23.9 Å². The molecule has 15 heavy (non-hydrogen) atoms. The van der Waals surface area contributed by atoms with Gasteiger partial charge in [0.2, 0.25) is 6.08 Å². The zero-order valence-corrected chi connectivity index (χ0v) is 8.05. The van der Waals surface area contributed by atoms with Crippen LogP contribution in [0, 0.1) is 0 Å². The number of aliphatic imine (C=N–C) groups is 1. The van der Waals surface area contributed by atoms with Crippen molar-refractivity contribution in [3.8, 4) is 0 Å². The first-order valence-corrected chi connectivity index (χ1v) is 4.88. The lowest BCUT2D eigenvalue weighted by Gasteiger charge is -2.04. The first kappa shape index (κ1) is 8.38. The number of pyridine rings is 1. The zero-order chi connectivity index (χ0) is 10.3. The van der Waals surface area contributed by atoms with Gasteiger partial charge in [0, 0.05) is 11.8 Å². The summed E-state index contributed by atoms with van der Waals surface area (Å²) in [5, 5.41) is 4.23. The summed E-state index contributed by atoms with van der Waals surface area (Å²) in [6.07, 6.45) is 7.17. The van der Waals surface area contributed by atoms with E-state index in [0.29, 0.717) is 0 Å². The van der Waals surface area contributed by atoms with Crippen molar-refractivity contribution < 1.29 is 4.79 Å². The van der Waals surface area contributed by atoms with E-state index in [-0.39, 0.29) is 5.54 Å². The molecule has 2 aromatic rings. The molecule has 0 amide bonds. The van der Waals surface area contributed by atoms with Gasteiger partial charge in [0.1, 0.15) is 5.54 Å². The van der Waals surface area contributed by atoms with Crippen LogP contribution in [0.25, 0.3) is 5.52 Å². The number of carbonyl (C=O) groups excluding carboxylic acids is 1. The fourth-order valence-corrected chi connectivity index (χ4v) is 1.94. The second-order valence-electron chi connectivity index (χ2n) is 3.82. The predicted molar refractivity (Wildman–Crippen MR) is 54.2 cm³/mol. The van der Waals surface area contributed by atoms with Crippen LogP contribution in [0.15, 0.2) is 35.6 Å². The van der Waals surface area contributed by atoms with Gasteiger partial charge in [-0.25, -0.2) is 9.31 Å². The molecule has 4 nitrogen and oxygen atoms in total. The summed E-state index contributed by atoms with van der Waals surface area (Å²) in [4.78, 5) is 14.3. The van der Waals surface area contributed by atoms with Crippen LogP contribution < -0.4 is 0 Å². The number of aromatic nitrogens is 2. The third kappa shape index (κ3) is 1.12. The first-order valence-electron chi connectivity index (χ1n) is 4.88. The summed E-state index contributed by atoms with van der Waals surface area (Å²) in [5.41, 5.74) is 1.73. The van der Waals surface area contributed by atoms with Gasteiger partial charge in [-0.1, -0.05) is 6.07 Å². The average molecular weight is 199 g/mol. The van der Waals surface area contributed by atoms with Crippen LogP contribution in [-0.2, 0) is 10.3 Å². The Morgan fingerprint density at radius 1 is 1.47 bits per heavy atom. The van der Waals surface area contributed by atoms with Crippen molar-refractivity contribution in [3.05, 3.63) is 36.2 Å². The molecule has 1 fully saturated rings. The third-order valence-electron chi connectivity index (χ3n) is 2.91. The second kappa shape index (κ2) is 2.78. The predicted octanol–water partition coefficient (Wildman–Crippen LogP) is 1.66. The fraction of sp³-hybridized carbons (Fsp3) is 0.273. The molecule has 0 N–H and O–H groups in total. The van der Waals surface area contributed by atoms with Crippen molar-refractivity contribution in [1.29, 1.82) is 0 Å². The first-order chi connectivity index (χ1) is 7.36. The van der Waals surface area contributed by atoms with Gasteiger partial charge in [0.25, 0.3) is 0 Å². The van der Waals surface area contributed by atoms with Gasteiger partial charge < -0.3 is 0 Å². The molecule has 3 rings (SSSR count). The number of fused-ring (bicyclic) bond motifs is 1. The highest BCUT2D eigenvalue weighted by Crippen LogP contribution is 2.50. The molecule has 0 aliphatic heterocycles. The lowest BCUT2D eigenvalue weighted by Crippen LogP contribution is -2.01. The Kier molecular flexibility index (Phi) is 1.55. The highest BCUT2D eigenvalue weighted by molar-refractivity contribution is 5.59. The van der Waals surface area contributed by atoms with Crippen molar-refractivity contribution in [3.63, 3.8) is 0 Å². The SMILES string of the molecule is O=C=NC1(c2cnn3ccccc23)CC1. The number of rotatable bonds is 2. The fourth-order valence-electron chi connectivity index (χ4n) is 1.94. The van der Waals surface area contributed by atoms with E-state index in [1.807, 2.05) is 24.4 Å². The molecule has 0 aromatic carbocycles. The molecular weight excluding hydrogens is 190 g/mol. The molecule has 1 aliphatic carbocycles. The molecule has 0 bridgehead atoms. The van der Waals surface area contributed by atoms with Crippen LogP contribution in [-0.4, -0.2) is 15.7 Å². The van der Waals surface area contributed by atoms with Crippen LogP contribution in [0.3, 0.4) is 0 Å². The average Bonchev–Trinajstić information content (AvgIpc) is 2.91. The minimum atomic E-state index is -0.329. The maximum atomic E-state index is 10.4. The van der Waals surface area contributed by atoms with Gasteiger partial charge in [-0.05, 0) is 25.0 Å². The number of hydrogen-bond acceptors (Lipinski definition) is 3. The lowest BCUT2D eigenvalue weighted by atomic mass is 10.1. The molecular formula is C11H9N3O. The summed E-state index contributed by atoms with van der Waals surface area (Å²) < 4.78 is 1.80. The quantitative estimate of drug-likeness (QED) is 0.545. The Morgan fingerprint density at radius 2 is 2.33 bits per heavy atom. The van der Waals surface area contributed by atoms with Gasteiger partial charge in [0.15, 0.2) is 0 Å². The van der Waals surface area contributed by atoms with Crippen LogP contribution in [0.2, 0.25) is 0 Å². The Hall–Kier alpha value is -1.93. The van der Waals surface area contributed by atoms with Gasteiger partial charge in [0.05, 0.1) is 11.7 Å². The Labute approximate surface area is 86.2 Å². The molecule has 1 aliphatic rings.